The summed E-state index contributed by atoms with van der Waals surface area (Å²) < 4.78 is 72.4. The highest BCUT2D eigenvalue weighted by Gasteiger charge is 2.70. The van der Waals surface area contributed by atoms with E-state index in [1.165, 1.54) is 0 Å². The Labute approximate surface area is 86.6 Å². The largest absolute Gasteiger partial charge is 0.426 e. The first-order chi connectivity index (χ1) is 6.83. The van der Waals surface area contributed by atoms with Gasteiger partial charge in [0.25, 0.3) is 5.60 Å². The van der Waals surface area contributed by atoms with Gasteiger partial charge in [0.2, 0.25) is 0 Å². The number of hydrogen-bond acceptors (Lipinski definition) is 2. The van der Waals surface area contributed by atoms with Crippen LogP contribution in [0.2, 0.25) is 0 Å². The fraction of sp³-hybridized carbons (Fsp3) is 0.625. The van der Waals surface area contributed by atoms with Gasteiger partial charge >= 0.3 is 12.4 Å². The molecule has 0 bridgehead atoms. The van der Waals surface area contributed by atoms with Crippen LogP contribution in [0, 0.1) is 0 Å². The number of alkyl halides is 6. The van der Waals surface area contributed by atoms with E-state index in [0.29, 0.717) is 0 Å². The van der Waals surface area contributed by atoms with Crippen LogP contribution in [-0.4, -0.2) is 28.8 Å². The topological polar surface area (TPSA) is 37.3 Å². The van der Waals surface area contributed by atoms with Gasteiger partial charge in [0.05, 0.1) is 6.42 Å². The van der Waals surface area contributed by atoms with Crippen LogP contribution in [0.1, 0.15) is 13.3 Å². The van der Waals surface area contributed by atoms with E-state index in [9.17, 15) is 31.1 Å². The van der Waals surface area contributed by atoms with Gasteiger partial charge < -0.3 is 5.11 Å². The molecule has 1 N–H and O–H groups in total. The molecular formula is C8H8F6O2. The summed E-state index contributed by atoms with van der Waals surface area (Å²) >= 11 is 0. The predicted molar refractivity (Wildman–Crippen MR) is 41.5 cm³/mol. The molecule has 0 spiro atoms. The van der Waals surface area contributed by atoms with Crippen LogP contribution in [0.15, 0.2) is 12.2 Å². The Morgan fingerprint density at radius 1 is 1.12 bits per heavy atom. The molecule has 2 nitrogen and oxygen atoms in total. The maximum absolute atomic E-state index is 12.1. The van der Waals surface area contributed by atoms with Crippen molar-refractivity contribution in [1.29, 1.82) is 0 Å². The number of hydrogen-bond donors (Lipinski definition) is 1. The van der Waals surface area contributed by atoms with Crippen LogP contribution in [0.3, 0.4) is 0 Å². The van der Waals surface area contributed by atoms with Crippen molar-refractivity contribution in [2.75, 3.05) is 0 Å². The summed E-state index contributed by atoms with van der Waals surface area (Å²) in [5.41, 5.74) is -5.53. The predicted octanol–water partition coefficient (Wildman–Crippen LogP) is 2.38. The molecule has 0 heterocycles. The van der Waals surface area contributed by atoms with Crippen molar-refractivity contribution in [3.8, 4) is 0 Å². The summed E-state index contributed by atoms with van der Waals surface area (Å²) in [5.74, 6) is -1.50. The fourth-order valence-corrected chi connectivity index (χ4v) is 0.744. The summed E-state index contributed by atoms with van der Waals surface area (Å²) in [7, 11) is 0. The molecule has 0 aromatic heterocycles. The van der Waals surface area contributed by atoms with E-state index in [0.717, 1.165) is 6.92 Å². The van der Waals surface area contributed by atoms with Crippen LogP contribution in [0.25, 0.3) is 0 Å². The standard InChI is InChI=1S/C8H8F6O2/c1-4(2)5(15)3-6(16,7(9,10)11)8(12,13)14/h16H,1,3H2,2H3. The second-order valence-corrected chi connectivity index (χ2v) is 3.24. The summed E-state index contributed by atoms with van der Waals surface area (Å²) in [6, 6.07) is 0. The second kappa shape index (κ2) is 4.08. The maximum atomic E-state index is 12.1. The fourth-order valence-electron chi connectivity index (χ4n) is 0.744. The first kappa shape index (κ1) is 14.9. The Kier molecular flexibility index (Phi) is 3.81. The van der Waals surface area contributed by atoms with Gasteiger partial charge in [-0.25, -0.2) is 0 Å². The second-order valence-electron chi connectivity index (χ2n) is 3.24. The number of carbonyl (C=O) groups excluding carboxylic acids is 1. The molecule has 0 aromatic carbocycles. The minimum absolute atomic E-state index is 0.494. The molecule has 0 saturated heterocycles. The van der Waals surface area contributed by atoms with Crippen molar-refractivity contribution in [1.82, 2.24) is 0 Å². The van der Waals surface area contributed by atoms with Gasteiger partial charge in [-0.2, -0.15) is 26.3 Å². The zero-order valence-electron chi connectivity index (χ0n) is 8.04. The Morgan fingerprint density at radius 2 is 1.44 bits per heavy atom. The van der Waals surface area contributed by atoms with E-state index in [-0.39, 0.29) is 0 Å². The van der Waals surface area contributed by atoms with Gasteiger partial charge in [-0.3, -0.25) is 4.79 Å². The molecule has 0 amide bonds. The third-order valence-corrected chi connectivity index (χ3v) is 1.83. The molecule has 0 aliphatic heterocycles. The molecule has 0 fully saturated rings. The van der Waals surface area contributed by atoms with Crippen molar-refractivity contribution in [2.24, 2.45) is 0 Å². The Morgan fingerprint density at radius 3 is 1.62 bits per heavy atom. The van der Waals surface area contributed by atoms with Crippen LogP contribution in [0.5, 0.6) is 0 Å². The molecule has 16 heavy (non-hydrogen) atoms. The molecule has 0 saturated carbocycles. The number of Topliss-reactive ketones (excluding diaryl/α,β-unsaturated/α-hetero) is 1. The summed E-state index contributed by atoms with van der Waals surface area (Å²) in [4.78, 5) is 10.8. The summed E-state index contributed by atoms with van der Waals surface area (Å²) in [5, 5.41) is 8.59. The quantitative estimate of drug-likeness (QED) is 0.616. The van der Waals surface area contributed by atoms with Crippen molar-refractivity contribution in [3.05, 3.63) is 12.2 Å². The molecule has 0 rings (SSSR count). The number of aliphatic hydroxyl groups is 1. The van der Waals surface area contributed by atoms with Gasteiger partial charge in [-0.15, -0.1) is 0 Å². The Balaban J connectivity index is 5.30. The zero-order chi connectivity index (χ0) is 13.4. The van der Waals surface area contributed by atoms with Gasteiger partial charge in [0, 0.05) is 0 Å². The molecule has 0 unspecified atom stereocenters. The van der Waals surface area contributed by atoms with E-state index in [1.807, 2.05) is 0 Å². The number of rotatable bonds is 3. The van der Waals surface area contributed by atoms with Crippen LogP contribution in [0.4, 0.5) is 26.3 Å². The SMILES string of the molecule is C=C(C)C(=O)CC(O)(C(F)(F)F)C(F)(F)F. The first-order valence-corrected chi connectivity index (χ1v) is 3.87. The third-order valence-electron chi connectivity index (χ3n) is 1.83. The third kappa shape index (κ3) is 2.75. The van der Waals surface area contributed by atoms with Gasteiger partial charge in [-0.05, 0) is 12.5 Å². The summed E-state index contributed by atoms with van der Waals surface area (Å²) in [6.45, 7) is 3.86. The lowest BCUT2D eigenvalue weighted by Crippen LogP contribution is -2.57. The average Bonchev–Trinajstić information content (AvgIpc) is 1.99. The van der Waals surface area contributed by atoms with E-state index in [4.69, 9.17) is 5.11 Å². The minimum atomic E-state index is -5.98. The van der Waals surface area contributed by atoms with Gasteiger partial charge in [0.1, 0.15) is 0 Å². The molecule has 0 radical (unpaired) electrons. The van der Waals surface area contributed by atoms with E-state index in [1.54, 1.807) is 0 Å². The highest BCUT2D eigenvalue weighted by molar-refractivity contribution is 5.94. The van der Waals surface area contributed by atoms with Crippen molar-refractivity contribution in [2.45, 2.75) is 31.3 Å². The lowest BCUT2D eigenvalue weighted by Gasteiger charge is -2.31. The van der Waals surface area contributed by atoms with E-state index >= 15 is 0 Å². The number of ketones is 1. The first-order valence-electron chi connectivity index (χ1n) is 3.87. The molecule has 0 aromatic rings. The van der Waals surface area contributed by atoms with Crippen molar-refractivity contribution in [3.63, 3.8) is 0 Å². The number of carbonyl (C=O) groups is 1. The summed E-state index contributed by atoms with van der Waals surface area (Å²) in [6.07, 6.45) is -14.1. The monoisotopic (exact) mass is 250 g/mol. The van der Waals surface area contributed by atoms with Crippen LogP contribution in [-0.2, 0) is 4.79 Å². The van der Waals surface area contributed by atoms with Crippen LogP contribution >= 0.6 is 0 Å². The molecular weight excluding hydrogens is 242 g/mol. The van der Waals surface area contributed by atoms with Crippen molar-refractivity contribution >= 4 is 5.78 Å². The number of halogens is 6. The van der Waals surface area contributed by atoms with E-state index < -0.39 is 35.7 Å². The van der Waals surface area contributed by atoms with Crippen LogP contribution < -0.4 is 0 Å². The minimum Gasteiger partial charge on any atom is -0.373 e. The van der Waals surface area contributed by atoms with E-state index in [2.05, 4.69) is 6.58 Å². The van der Waals surface area contributed by atoms with Crippen molar-refractivity contribution < 1.29 is 36.2 Å². The Bertz CT molecular complexity index is 287. The zero-order valence-corrected chi connectivity index (χ0v) is 8.04. The smallest absolute Gasteiger partial charge is 0.373 e. The van der Waals surface area contributed by atoms with Gasteiger partial charge in [-0.1, -0.05) is 6.58 Å². The highest BCUT2D eigenvalue weighted by atomic mass is 19.4. The molecule has 8 heteroatoms. The maximum Gasteiger partial charge on any atom is 0.426 e. The average molecular weight is 250 g/mol. The molecule has 0 atom stereocenters. The molecule has 94 valence electrons. The normalized spacial score (nSPS) is 13.8. The van der Waals surface area contributed by atoms with Gasteiger partial charge in [0.15, 0.2) is 5.78 Å². The lowest BCUT2D eigenvalue weighted by atomic mass is 9.93. The molecule has 0 aliphatic rings. The highest BCUT2D eigenvalue weighted by Crippen LogP contribution is 2.45. The Hall–Kier alpha value is -1.05. The number of allylic oxidation sites excluding steroid dienone is 1. The lowest BCUT2D eigenvalue weighted by molar-refractivity contribution is -0.366. The molecule has 0 aliphatic carbocycles.